The van der Waals surface area contributed by atoms with Crippen LogP contribution in [0.4, 0.5) is 5.82 Å². The third-order valence-corrected chi connectivity index (χ3v) is 2.89. The highest BCUT2D eigenvalue weighted by Crippen LogP contribution is 2.27. The summed E-state index contributed by atoms with van der Waals surface area (Å²) in [6.07, 6.45) is 2.80. The number of hydrogen-bond acceptors (Lipinski definition) is 4. The molecule has 1 N–H and O–H groups in total. The molecule has 0 aliphatic heterocycles. The van der Waals surface area contributed by atoms with Crippen molar-refractivity contribution in [3.8, 4) is 11.5 Å². The summed E-state index contributed by atoms with van der Waals surface area (Å²) in [6, 6.07) is 11.7. The Hall–Kier alpha value is -2.23. The minimum Gasteiger partial charge on any atom is -0.490 e. The standard InChI is InChI=1S/C17H22N2O2/c1-3-11-20-15-7-5-6-8-16(15)21-13-14-9-10-17(18-4-2)19-12-14/h5-10,12H,3-4,11,13H2,1-2H3,(H,18,19). The summed E-state index contributed by atoms with van der Waals surface area (Å²) < 4.78 is 11.5. The van der Waals surface area contributed by atoms with Gasteiger partial charge < -0.3 is 14.8 Å². The number of pyridine rings is 1. The first-order valence-electron chi connectivity index (χ1n) is 7.37. The molecule has 0 radical (unpaired) electrons. The predicted molar refractivity (Wildman–Crippen MR) is 85.0 cm³/mol. The zero-order chi connectivity index (χ0) is 14.9. The number of benzene rings is 1. The fourth-order valence-corrected chi connectivity index (χ4v) is 1.86. The van der Waals surface area contributed by atoms with E-state index >= 15 is 0 Å². The number of ether oxygens (including phenoxy) is 2. The largest absolute Gasteiger partial charge is 0.490 e. The Morgan fingerprint density at radius 3 is 2.38 bits per heavy atom. The second-order valence-electron chi connectivity index (χ2n) is 4.67. The molecule has 0 amide bonds. The molecule has 0 aliphatic rings. The molecule has 4 heteroatoms. The van der Waals surface area contributed by atoms with E-state index in [-0.39, 0.29) is 0 Å². The molecular weight excluding hydrogens is 264 g/mol. The van der Waals surface area contributed by atoms with E-state index in [9.17, 15) is 0 Å². The molecule has 0 saturated carbocycles. The molecule has 112 valence electrons. The first kappa shape index (κ1) is 15.2. The van der Waals surface area contributed by atoms with Gasteiger partial charge in [-0.05, 0) is 31.5 Å². The van der Waals surface area contributed by atoms with Crippen LogP contribution in [0.5, 0.6) is 11.5 Å². The van der Waals surface area contributed by atoms with Crippen molar-refractivity contribution in [3.05, 3.63) is 48.2 Å². The zero-order valence-corrected chi connectivity index (χ0v) is 12.6. The van der Waals surface area contributed by atoms with Crippen molar-refractivity contribution in [3.63, 3.8) is 0 Å². The van der Waals surface area contributed by atoms with Gasteiger partial charge in [0.1, 0.15) is 12.4 Å². The fraction of sp³-hybridized carbons (Fsp3) is 0.353. The van der Waals surface area contributed by atoms with Gasteiger partial charge in [-0.1, -0.05) is 25.1 Å². The Labute approximate surface area is 126 Å². The fourth-order valence-electron chi connectivity index (χ4n) is 1.86. The maximum absolute atomic E-state index is 5.83. The highest BCUT2D eigenvalue weighted by atomic mass is 16.5. The molecule has 1 aromatic heterocycles. The Morgan fingerprint density at radius 1 is 1.00 bits per heavy atom. The molecular formula is C17H22N2O2. The van der Waals surface area contributed by atoms with Crippen molar-refractivity contribution in [2.24, 2.45) is 0 Å². The topological polar surface area (TPSA) is 43.4 Å². The van der Waals surface area contributed by atoms with Crippen LogP contribution in [0.15, 0.2) is 42.6 Å². The SMILES string of the molecule is CCCOc1ccccc1OCc1ccc(NCC)nc1. The third kappa shape index (κ3) is 4.67. The van der Waals surface area contributed by atoms with Crippen LogP contribution in [0.25, 0.3) is 0 Å². The van der Waals surface area contributed by atoms with Crippen LogP contribution >= 0.6 is 0 Å². The van der Waals surface area contributed by atoms with Crippen LogP contribution < -0.4 is 14.8 Å². The summed E-state index contributed by atoms with van der Waals surface area (Å²) in [5, 5.41) is 3.17. The monoisotopic (exact) mass is 286 g/mol. The van der Waals surface area contributed by atoms with Gasteiger partial charge in [0.25, 0.3) is 0 Å². The predicted octanol–water partition coefficient (Wildman–Crippen LogP) is 3.88. The number of anilines is 1. The Bertz CT molecular complexity index is 541. The maximum Gasteiger partial charge on any atom is 0.161 e. The lowest BCUT2D eigenvalue weighted by Gasteiger charge is -2.12. The quantitative estimate of drug-likeness (QED) is 0.799. The van der Waals surface area contributed by atoms with E-state index in [1.54, 1.807) is 0 Å². The lowest BCUT2D eigenvalue weighted by Crippen LogP contribution is -2.02. The van der Waals surface area contributed by atoms with Gasteiger partial charge >= 0.3 is 0 Å². The van der Waals surface area contributed by atoms with Gasteiger partial charge in [-0.25, -0.2) is 4.98 Å². The normalized spacial score (nSPS) is 10.2. The summed E-state index contributed by atoms with van der Waals surface area (Å²) in [4.78, 5) is 4.33. The molecule has 1 aromatic carbocycles. The summed E-state index contributed by atoms with van der Waals surface area (Å²) in [6.45, 7) is 6.17. The molecule has 0 fully saturated rings. The van der Waals surface area contributed by atoms with Gasteiger partial charge in [-0.2, -0.15) is 0 Å². The maximum atomic E-state index is 5.83. The van der Waals surface area contributed by atoms with Crippen molar-refractivity contribution < 1.29 is 9.47 Å². The molecule has 1 heterocycles. The van der Waals surface area contributed by atoms with E-state index in [4.69, 9.17) is 9.47 Å². The molecule has 4 nitrogen and oxygen atoms in total. The van der Waals surface area contributed by atoms with Crippen molar-refractivity contribution in [2.45, 2.75) is 26.9 Å². The Morgan fingerprint density at radius 2 is 1.76 bits per heavy atom. The number of rotatable bonds is 8. The van der Waals surface area contributed by atoms with E-state index in [0.717, 1.165) is 35.8 Å². The average molecular weight is 286 g/mol. The highest BCUT2D eigenvalue weighted by molar-refractivity contribution is 5.40. The molecule has 0 bridgehead atoms. The summed E-state index contributed by atoms with van der Waals surface area (Å²) in [7, 11) is 0. The van der Waals surface area contributed by atoms with E-state index in [2.05, 4.69) is 17.2 Å². The Kier molecular flexibility index (Phi) is 5.88. The van der Waals surface area contributed by atoms with Gasteiger partial charge in [-0.3, -0.25) is 0 Å². The molecule has 2 rings (SSSR count). The molecule has 0 saturated heterocycles. The zero-order valence-electron chi connectivity index (χ0n) is 12.6. The molecule has 0 spiro atoms. The van der Waals surface area contributed by atoms with Gasteiger partial charge in [-0.15, -0.1) is 0 Å². The third-order valence-electron chi connectivity index (χ3n) is 2.89. The first-order chi connectivity index (χ1) is 10.3. The molecule has 0 unspecified atom stereocenters. The van der Waals surface area contributed by atoms with Crippen LogP contribution in [0.3, 0.4) is 0 Å². The van der Waals surface area contributed by atoms with Gasteiger partial charge in [0.05, 0.1) is 6.61 Å². The highest BCUT2D eigenvalue weighted by Gasteiger charge is 2.04. The van der Waals surface area contributed by atoms with E-state index < -0.39 is 0 Å². The van der Waals surface area contributed by atoms with Crippen LogP contribution in [0.2, 0.25) is 0 Å². The number of aromatic nitrogens is 1. The minimum atomic E-state index is 0.478. The van der Waals surface area contributed by atoms with E-state index in [1.807, 2.05) is 49.5 Å². The van der Waals surface area contributed by atoms with Crippen LogP contribution in [-0.4, -0.2) is 18.1 Å². The molecule has 21 heavy (non-hydrogen) atoms. The summed E-state index contributed by atoms with van der Waals surface area (Å²) >= 11 is 0. The van der Waals surface area contributed by atoms with Gasteiger partial charge in [0.2, 0.25) is 0 Å². The van der Waals surface area contributed by atoms with Crippen LogP contribution in [-0.2, 0) is 6.61 Å². The molecule has 0 aliphatic carbocycles. The van der Waals surface area contributed by atoms with Crippen LogP contribution in [0, 0.1) is 0 Å². The smallest absolute Gasteiger partial charge is 0.161 e. The Balaban J connectivity index is 1.96. The lowest BCUT2D eigenvalue weighted by atomic mass is 10.3. The van der Waals surface area contributed by atoms with Crippen molar-refractivity contribution >= 4 is 5.82 Å². The minimum absolute atomic E-state index is 0.478. The van der Waals surface area contributed by atoms with Crippen molar-refractivity contribution in [1.29, 1.82) is 0 Å². The van der Waals surface area contributed by atoms with Gasteiger partial charge in [0, 0.05) is 18.3 Å². The first-order valence-corrected chi connectivity index (χ1v) is 7.37. The van der Waals surface area contributed by atoms with Crippen molar-refractivity contribution in [2.75, 3.05) is 18.5 Å². The summed E-state index contributed by atoms with van der Waals surface area (Å²) in [5.41, 5.74) is 1.03. The number of hydrogen-bond donors (Lipinski definition) is 1. The van der Waals surface area contributed by atoms with Gasteiger partial charge in [0.15, 0.2) is 11.5 Å². The number of para-hydroxylation sites is 2. The number of nitrogens with zero attached hydrogens (tertiary/aromatic N) is 1. The number of nitrogens with one attached hydrogen (secondary N) is 1. The van der Waals surface area contributed by atoms with Crippen molar-refractivity contribution in [1.82, 2.24) is 4.98 Å². The molecule has 0 atom stereocenters. The molecule has 2 aromatic rings. The van der Waals surface area contributed by atoms with E-state index in [1.165, 1.54) is 0 Å². The lowest BCUT2D eigenvalue weighted by molar-refractivity contribution is 0.261. The average Bonchev–Trinajstić information content (AvgIpc) is 2.53. The van der Waals surface area contributed by atoms with Crippen LogP contribution in [0.1, 0.15) is 25.8 Å². The summed E-state index contributed by atoms with van der Waals surface area (Å²) in [5.74, 6) is 2.44. The second kappa shape index (κ2) is 8.15. The second-order valence-corrected chi connectivity index (χ2v) is 4.67. The van der Waals surface area contributed by atoms with E-state index in [0.29, 0.717) is 13.2 Å².